The molecule has 0 radical (unpaired) electrons. The van der Waals surface area contributed by atoms with Crippen molar-refractivity contribution in [3.8, 4) is 0 Å². The molecule has 2 aromatic heterocycles. The molecule has 0 spiro atoms. The van der Waals surface area contributed by atoms with Crippen LogP contribution in [-0.2, 0) is 6.54 Å². The quantitative estimate of drug-likeness (QED) is 0.821. The fourth-order valence-electron chi connectivity index (χ4n) is 1.49. The number of amides is 1. The number of nitrogens with one attached hydrogen (secondary N) is 2. The fraction of sp³-hybridized carbons (Fsp3) is 0.273. The normalized spacial score (nSPS) is 10.1. The third-order valence-corrected chi connectivity index (χ3v) is 2.42. The molecule has 7 nitrogen and oxygen atoms in total. The van der Waals surface area contributed by atoms with Gasteiger partial charge >= 0.3 is 0 Å². The smallest absolute Gasteiger partial charge is 0.272 e. The zero-order valence-corrected chi connectivity index (χ0v) is 10.2. The monoisotopic (exact) mass is 246 g/mol. The number of aromatic amines is 1. The molecule has 2 N–H and O–H groups in total. The van der Waals surface area contributed by atoms with Gasteiger partial charge in [0.15, 0.2) is 0 Å². The SMILES string of the molecule is CNc1cccc(C(=O)N(C)Cc2ncn[nH]2)n1. The second kappa shape index (κ2) is 5.26. The van der Waals surface area contributed by atoms with Gasteiger partial charge in [-0.2, -0.15) is 5.10 Å². The summed E-state index contributed by atoms with van der Waals surface area (Å²) in [4.78, 5) is 21.8. The molecule has 0 aromatic carbocycles. The van der Waals surface area contributed by atoms with E-state index >= 15 is 0 Å². The molecule has 0 aliphatic heterocycles. The van der Waals surface area contributed by atoms with E-state index in [1.165, 1.54) is 11.2 Å². The molecule has 2 heterocycles. The van der Waals surface area contributed by atoms with Gasteiger partial charge in [-0.05, 0) is 12.1 Å². The van der Waals surface area contributed by atoms with Gasteiger partial charge in [-0.3, -0.25) is 9.89 Å². The van der Waals surface area contributed by atoms with Crippen molar-refractivity contribution in [1.82, 2.24) is 25.1 Å². The molecule has 0 atom stereocenters. The summed E-state index contributed by atoms with van der Waals surface area (Å²) >= 11 is 0. The van der Waals surface area contributed by atoms with E-state index in [0.29, 0.717) is 23.9 Å². The van der Waals surface area contributed by atoms with Crippen molar-refractivity contribution in [3.63, 3.8) is 0 Å². The maximum absolute atomic E-state index is 12.1. The van der Waals surface area contributed by atoms with E-state index in [2.05, 4.69) is 25.5 Å². The van der Waals surface area contributed by atoms with E-state index in [1.54, 1.807) is 32.3 Å². The van der Waals surface area contributed by atoms with Crippen LogP contribution in [0.3, 0.4) is 0 Å². The number of rotatable bonds is 4. The summed E-state index contributed by atoms with van der Waals surface area (Å²) in [5.41, 5.74) is 0.392. The third kappa shape index (κ3) is 2.62. The number of pyridine rings is 1. The maximum atomic E-state index is 12.1. The van der Waals surface area contributed by atoms with E-state index < -0.39 is 0 Å². The standard InChI is InChI=1S/C11H14N6O/c1-12-9-5-3-4-8(15-9)11(18)17(2)6-10-13-7-14-16-10/h3-5,7H,6H2,1-2H3,(H,12,15)(H,13,14,16). The lowest BCUT2D eigenvalue weighted by Gasteiger charge is -2.15. The molecule has 0 fully saturated rings. The molecule has 2 rings (SSSR count). The summed E-state index contributed by atoms with van der Waals surface area (Å²) in [5, 5.41) is 9.34. The molecule has 18 heavy (non-hydrogen) atoms. The highest BCUT2D eigenvalue weighted by Crippen LogP contribution is 2.07. The molecular formula is C11H14N6O. The van der Waals surface area contributed by atoms with Crippen molar-refractivity contribution in [2.75, 3.05) is 19.4 Å². The number of hydrogen-bond acceptors (Lipinski definition) is 5. The van der Waals surface area contributed by atoms with E-state index in [-0.39, 0.29) is 5.91 Å². The average molecular weight is 246 g/mol. The molecule has 0 aliphatic rings. The van der Waals surface area contributed by atoms with Crippen LogP contribution in [0.25, 0.3) is 0 Å². The highest BCUT2D eigenvalue weighted by atomic mass is 16.2. The number of carbonyl (C=O) groups excluding carboxylic acids is 1. The van der Waals surface area contributed by atoms with Gasteiger partial charge in [0.25, 0.3) is 5.91 Å². The number of anilines is 1. The third-order valence-electron chi connectivity index (χ3n) is 2.42. The Kier molecular flexibility index (Phi) is 3.52. The van der Waals surface area contributed by atoms with Gasteiger partial charge in [0, 0.05) is 14.1 Å². The first kappa shape index (κ1) is 12.0. The van der Waals surface area contributed by atoms with Crippen molar-refractivity contribution in [3.05, 3.63) is 36.0 Å². The van der Waals surface area contributed by atoms with Crippen LogP contribution in [0.1, 0.15) is 16.3 Å². The summed E-state index contributed by atoms with van der Waals surface area (Å²) < 4.78 is 0. The van der Waals surface area contributed by atoms with Crippen LogP contribution >= 0.6 is 0 Å². The van der Waals surface area contributed by atoms with E-state index in [9.17, 15) is 4.79 Å². The Morgan fingerprint density at radius 2 is 2.33 bits per heavy atom. The van der Waals surface area contributed by atoms with Gasteiger partial charge in [0.05, 0.1) is 6.54 Å². The van der Waals surface area contributed by atoms with Crippen molar-refractivity contribution < 1.29 is 4.79 Å². The lowest BCUT2D eigenvalue weighted by molar-refractivity contribution is 0.0776. The van der Waals surface area contributed by atoms with Crippen LogP contribution in [0.4, 0.5) is 5.82 Å². The number of nitrogens with zero attached hydrogens (tertiary/aromatic N) is 4. The number of aromatic nitrogens is 4. The predicted octanol–water partition coefficient (Wildman–Crippen LogP) is 0.514. The van der Waals surface area contributed by atoms with E-state index in [1.807, 2.05) is 0 Å². The first-order valence-electron chi connectivity index (χ1n) is 5.45. The van der Waals surface area contributed by atoms with Crippen LogP contribution in [0, 0.1) is 0 Å². The topological polar surface area (TPSA) is 86.8 Å². The van der Waals surface area contributed by atoms with Crippen LogP contribution in [-0.4, -0.2) is 45.1 Å². The van der Waals surface area contributed by atoms with Crippen LogP contribution in [0.5, 0.6) is 0 Å². The zero-order chi connectivity index (χ0) is 13.0. The largest absolute Gasteiger partial charge is 0.373 e. The highest BCUT2D eigenvalue weighted by molar-refractivity contribution is 5.92. The summed E-state index contributed by atoms with van der Waals surface area (Å²) in [6.45, 7) is 0.365. The van der Waals surface area contributed by atoms with Gasteiger partial charge in [0.1, 0.15) is 23.7 Å². The van der Waals surface area contributed by atoms with Crippen molar-refractivity contribution in [1.29, 1.82) is 0 Å². The van der Waals surface area contributed by atoms with Crippen molar-refractivity contribution >= 4 is 11.7 Å². The Bertz CT molecular complexity index is 524. The summed E-state index contributed by atoms with van der Waals surface area (Å²) in [6.07, 6.45) is 1.41. The Balaban J connectivity index is 2.10. The molecule has 94 valence electrons. The lowest BCUT2D eigenvalue weighted by atomic mass is 10.3. The Morgan fingerprint density at radius 1 is 1.50 bits per heavy atom. The number of carbonyl (C=O) groups is 1. The lowest BCUT2D eigenvalue weighted by Crippen LogP contribution is -2.27. The van der Waals surface area contributed by atoms with Gasteiger partial charge in [-0.25, -0.2) is 9.97 Å². The highest BCUT2D eigenvalue weighted by Gasteiger charge is 2.14. The molecule has 0 unspecified atom stereocenters. The summed E-state index contributed by atoms with van der Waals surface area (Å²) in [6, 6.07) is 5.27. The second-order valence-corrected chi connectivity index (χ2v) is 3.75. The molecule has 0 saturated heterocycles. The second-order valence-electron chi connectivity index (χ2n) is 3.75. The molecule has 0 bridgehead atoms. The molecule has 1 amide bonds. The van der Waals surface area contributed by atoms with Crippen molar-refractivity contribution in [2.24, 2.45) is 0 Å². The Morgan fingerprint density at radius 3 is 3.00 bits per heavy atom. The van der Waals surface area contributed by atoms with Gasteiger partial charge in [-0.15, -0.1) is 0 Å². The summed E-state index contributed by atoms with van der Waals surface area (Å²) in [5.74, 6) is 1.13. The first-order chi connectivity index (χ1) is 8.70. The molecule has 0 saturated carbocycles. The average Bonchev–Trinajstić information content (AvgIpc) is 2.90. The minimum atomic E-state index is -0.163. The maximum Gasteiger partial charge on any atom is 0.272 e. The van der Waals surface area contributed by atoms with E-state index in [4.69, 9.17) is 0 Å². The van der Waals surface area contributed by atoms with Crippen LogP contribution in [0.2, 0.25) is 0 Å². The fourth-order valence-corrected chi connectivity index (χ4v) is 1.49. The first-order valence-corrected chi connectivity index (χ1v) is 5.45. The number of H-pyrrole nitrogens is 1. The Labute approximate surface area is 104 Å². The molecule has 7 heteroatoms. The minimum Gasteiger partial charge on any atom is -0.373 e. The van der Waals surface area contributed by atoms with Gasteiger partial charge in [-0.1, -0.05) is 6.07 Å². The Hall–Kier alpha value is -2.44. The van der Waals surface area contributed by atoms with Crippen LogP contribution in [0.15, 0.2) is 24.5 Å². The molecule has 0 aliphatic carbocycles. The zero-order valence-electron chi connectivity index (χ0n) is 10.2. The minimum absolute atomic E-state index is 0.163. The van der Waals surface area contributed by atoms with Crippen molar-refractivity contribution in [2.45, 2.75) is 6.54 Å². The molecular weight excluding hydrogens is 232 g/mol. The van der Waals surface area contributed by atoms with Gasteiger partial charge in [0.2, 0.25) is 0 Å². The predicted molar refractivity (Wildman–Crippen MR) is 66.0 cm³/mol. The summed E-state index contributed by atoms with van der Waals surface area (Å²) in [7, 11) is 3.45. The van der Waals surface area contributed by atoms with Gasteiger partial charge < -0.3 is 10.2 Å². The van der Waals surface area contributed by atoms with E-state index in [0.717, 1.165) is 0 Å². The van der Waals surface area contributed by atoms with Crippen LogP contribution < -0.4 is 5.32 Å². The molecule has 2 aromatic rings. The number of hydrogen-bond donors (Lipinski definition) is 2.